The third-order valence-electron chi connectivity index (χ3n) is 1.92. The second-order valence-corrected chi connectivity index (χ2v) is 3.70. The van der Waals surface area contributed by atoms with E-state index in [1.54, 1.807) is 5.38 Å². The van der Waals surface area contributed by atoms with Gasteiger partial charge in [0.2, 0.25) is 0 Å². The molecule has 0 saturated carbocycles. The molecule has 2 rings (SSSR count). The van der Waals surface area contributed by atoms with Crippen molar-refractivity contribution in [3.63, 3.8) is 0 Å². The topological polar surface area (TPSA) is 46.2 Å². The molecule has 0 atom stereocenters. The summed E-state index contributed by atoms with van der Waals surface area (Å²) in [6, 6.07) is 2.70. The number of benzene rings is 1. The molecule has 0 aliphatic carbocycles. The predicted octanol–water partition coefficient (Wildman–Crippen LogP) is 2.11. The summed E-state index contributed by atoms with van der Waals surface area (Å²) in [5, 5.41) is 11.5. The lowest BCUT2D eigenvalue weighted by Gasteiger charge is -1.99. The summed E-state index contributed by atoms with van der Waals surface area (Å²) in [7, 11) is 0. The number of thiophene rings is 1. The van der Waals surface area contributed by atoms with Gasteiger partial charge in [-0.2, -0.15) is 0 Å². The highest BCUT2D eigenvalue weighted by atomic mass is 32.1. The Bertz CT molecular complexity index is 452. The minimum atomic E-state index is -0.337. The van der Waals surface area contributed by atoms with Crippen LogP contribution in [0.25, 0.3) is 10.1 Å². The van der Waals surface area contributed by atoms with E-state index in [4.69, 9.17) is 10.8 Å². The first-order chi connectivity index (χ1) is 6.22. The lowest BCUT2D eigenvalue weighted by molar-refractivity contribution is 0.284. The van der Waals surface area contributed by atoms with Gasteiger partial charge in [0.05, 0.1) is 6.61 Å². The molecular weight excluding hydrogens is 189 g/mol. The van der Waals surface area contributed by atoms with Crippen LogP contribution >= 0.6 is 11.3 Å². The number of hydrogen-bond donors (Lipinski definition) is 2. The summed E-state index contributed by atoms with van der Waals surface area (Å²) in [5.41, 5.74) is 6.78. The smallest absolute Gasteiger partial charge is 0.126 e. The van der Waals surface area contributed by atoms with Crippen LogP contribution in [0.1, 0.15) is 5.56 Å². The van der Waals surface area contributed by atoms with E-state index in [0.29, 0.717) is 5.69 Å². The Balaban J connectivity index is 2.82. The van der Waals surface area contributed by atoms with E-state index in [9.17, 15) is 4.39 Å². The molecule has 68 valence electrons. The van der Waals surface area contributed by atoms with E-state index in [1.165, 1.54) is 23.5 Å². The first kappa shape index (κ1) is 8.47. The summed E-state index contributed by atoms with van der Waals surface area (Å²) < 4.78 is 13.7. The second kappa shape index (κ2) is 2.97. The molecule has 0 radical (unpaired) electrons. The molecule has 0 bridgehead atoms. The van der Waals surface area contributed by atoms with Gasteiger partial charge in [-0.15, -0.1) is 11.3 Å². The highest BCUT2D eigenvalue weighted by Crippen LogP contribution is 2.31. The maximum absolute atomic E-state index is 12.9. The third kappa shape index (κ3) is 1.28. The Morgan fingerprint density at radius 3 is 2.92 bits per heavy atom. The van der Waals surface area contributed by atoms with Crippen molar-refractivity contribution in [3.05, 3.63) is 28.9 Å². The van der Waals surface area contributed by atoms with Crippen LogP contribution in [0, 0.1) is 5.82 Å². The normalized spacial score (nSPS) is 10.9. The van der Waals surface area contributed by atoms with Gasteiger partial charge in [0, 0.05) is 15.8 Å². The van der Waals surface area contributed by atoms with Crippen LogP contribution in [0.15, 0.2) is 17.5 Å². The quantitative estimate of drug-likeness (QED) is 0.688. The molecule has 4 heteroatoms. The number of anilines is 1. The number of aliphatic hydroxyl groups is 1. The zero-order valence-electron chi connectivity index (χ0n) is 6.75. The summed E-state index contributed by atoms with van der Waals surface area (Å²) >= 11 is 1.39. The van der Waals surface area contributed by atoms with Crippen LogP contribution in [0.4, 0.5) is 10.1 Å². The summed E-state index contributed by atoms with van der Waals surface area (Å²) in [6.07, 6.45) is 0. The minimum Gasteiger partial charge on any atom is -0.398 e. The fraction of sp³-hybridized carbons (Fsp3) is 0.111. The first-order valence-electron chi connectivity index (χ1n) is 3.78. The van der Waals surface area contributed by atoms with Crippen LogP contribution in [-0.2, 0) is 6.61 Å². The van der Waals surface area contributed by atoms with Gasteiger partial charge in [-0.05, 0) is 23.1 Å². The van der Waals surface area contributed by atoms with Gasteiger partial charge >= 0.3 is 0 Å². The molecule has 13 heavy (non-hydrogen) atoms. The van der Waals surface area contributed by atoms with Crippen LogP contribution in [-0.4, -0.2) is 5.11 Å². The Morgan fingerprint density at radius 1 is 1.46 bits per heavy atom. The van der Waals surface area contributed by atoms with Gasteiger partial charge in [0.25, 0.3) is 0 Å². The number of hydrogen-bond acceptors (Lipinski definition) is 3. The number of nitrogens with two attached hydrogens (primary N) is 1. The SMILES string of the molecule is Nc1cc(F)cc2scc(CO)c12. The number of nitrogen functional groups attached to an aromatic ring is 1. The molecule has 0 unspecified atom stereocenters. The number of fused-ring (bicyclic) bond motifs is 1. The highest BCUT2D eigenvalue weighted by molar-refractivity contribution is 7.17. The summed E-state index contributed by atoms with van der Waals surface area (Å²) in [6.45, 7) is -0.0597. The second-order valence-electron chi connectivity index (χ2n) is 2.79. The number of aliphatic hydroxyl groups excluding tert-OH is 1. The van der Waals surface area contributed by atoms with Crippen molar-refractivity contribution in [1.82, 2.24) is 0 Å². The van der Waals surface area contributed by atoms with Gasteiger partial charge in [0.15, 0.2) is 0 Å². The molecule has 0 spiro atoms. The van der Waals surface area contributed by atoms with E-state index in [-0.39, 0.29) is 12.4 Å². The molecule has 2 aromatic rings. The molecule has 0 amide bonds. The van der Waals surface area contributed by atoms with Gasteiger partial charge in [-0.3, -0.25) is 0 Å². The maximum Gasteiger partial charge on any atom is 0.126 e. The molecule has 0 fully saturated rings. The lowest BCUT2D eigenvalue weighted by Crippen LogP contribution is -1.89. The van der Waals surface area contributed by atoms with E-state index in [1.807, 2.05) is 0 Å². The fourth-order valence-corrected chi connectivity index (χ4v) is 2.36. The molecule has 1 heterocycles. The maximum atomic E-state index is 12.9. The summed E-state index contributed by atoms with van der Waals surface area (Å²) in [5.74, 6) is -0.337. The average Bonchev–Trinajstić information content (AvgIpc) is 2.47. The Hall–Kier alpha value is -1.13. The predicted molar refractivity (Wildman–Crippen MR) is 52.1 cm³/mol. The third-order valence-corrected chi connectivity index (χ3v) is 2.90. The molecule has 1 aromatic carbocycles. The van der Waals surface area contributed by atoms with Crippen molar-refractivity contribution >= 4 is 27.1 Å². The molecule has 3 N–H and O–H groups in total. The Morgan fingerprint density at radius 2 is 2.23 bits per heavy atom. The molecule has 2 nitrogen and oxygen atoms in total. The van der Waals surface area contributed by atoms with E-state index >= 15 is 0 Å². The van der Waals surface area contributed by atoms with Gasteiger partial charge in [-0.1, -0.05) is 0 Å². The zero-order chi connectivity index (χ0) is 9.42. The number of halogens is 1. The van der Waals surface area contributed by atoms with Crippen LogP contribution in [0.2, 0.25) is 0 Å². The Kier molecular flexibility index (Phi) is 1.94. The van der Waals surface area contributed by atoms with Crippen LogP contribution in [0.3, 0.4) is 0 Å². The van der Waals surface area contributed by atoms with Crippen LogP contribution < -0.4 is 5.73 Å². The summed E-state index contributed by atoms with van der Waals surface area (Å²) in [4.78, 5) is 0. The molecule has 0 aliphatic rings. The van der Waals surface area contributed by atoms with Crippen molar-refractivity contribution in [2.45, 2.75) is 6.61 Å². The van der Waals surface area contributed by atoms with Gasteiger partial charge < -0.3 is 10.8 Å². The largest absolute Gasteiger partial charge is 0.398 e. The zero-order valence-corrected chi connectivity index (χ0v) is 7.57. The van der Waals surface area contributed by atoms with Gasteiger partial charge in [-0.25, -0.2) is 4.39 Å². The highest BCUT2D eigenvalue weighted by Gasteiger charge is 2.07. The number of rotatable bonds is 1. The lowest BCUT2D eigenvalue weighted by atomic mass is 10.1. The molecule has 1 aromatic heterocycles. The van der Waals surface area contributed by atoms with Crippen molar-refractivity contribution in [2.24, 2.45) is 0 Å². The average molecular weight is 197 g/mol. The Labute approximate surface area is 78.4 Å². The van der Waals surface area contributed by atoms with Crippen molar-refractivity contribution in [1.29, 1.82) is 0 Å². The van der Waals surface area contributed by atoms with E-state index in [2.05, 4.69) is 0 Å². The fourth-order valence-electron chi connectivity index (χ4n) is 1.35. The monoisotopic (exact) mass is 197 g/mol. The molecule has 0 aliphatic heterocycles. The molecular formula is C9H8FNOS. The minimum absolute atomic E-state index is 0.0597. The van der Waals surface area contributed by atoms with Crippen molar-refractivity contribution in [3.8, 4) is 0 Å². The van der Waals surface area contributed by atoms with Gasteiger partial charge in [0.1, 0.15) is 5.82 Å². The van der Waals surface area contributed by atoms with E-state index < -0.39 is 0 Å². The van der Waals surface area contributed by atoms with Crippen LogP contribution in [0.5, 0.6) is 0 Å². The van der Waals surface area contributed by atoms with Crippen molar-refractivity contribution in [2.75, 3.05) is 5.73 Å². The van der Waals surface area contributed by atoms with E-state index in [0.717, 1.165) is 15.6 Å². The molecule has 0 saturated heterocycles. The van der Waals surface area contributed by atoms with Crippen molar-refractivity contribution < 1.29 is 9.50 Å². The first-order valence-corrected chi connectivity index (χ1v) is 4.66. The standard InChI is InChI=1S/C9H8FNOS/c10-6-1-7(11)9-5(3-12)4-13-8(9)2-6/h1-2,4,12H,3,11H2.